The van der Waals surface area contributed by atoms with E-state index >= 15 is 0 Å². The van der Waals surface area contributed by atoms with Crippen LogP contribution in [-0.2, 0) is 6.54 Å². The first kappa shape index (κ1) is 14.8. The van der Waals surface area contributed by atoms with Gasteiger partial charge in [0.1, 0.15) is 5.82 Å². The summed E-state index contributed by atoms with van der Waals surface area (Å²) >= 11 is 0. The van der Waals surface area contributed by atoms with Gasteiger partial charge in [-0.15, -0.1) is 0 Å². The number of rotatable bonds is 4. The summed E-state index contributed by atoms with van der Waals surface area (Å²) in [6.07, 6.45) is 3.98. The molecule has 1 unspecified atom stereocenters. The van der Waals surface area contributed by atoms with Gasteiger partial charge in [0.25, 0.3) is 0 Å². The van der Waals surface area contributed by atoms with E-state index in [2.05, 4.69) is 85.8 Å². The summed E-state index contributed by atoms with van der Waals surface area (Å²) in [6, 6.07) is 10.8. The quantitative estimate of drug-likeness (QED) is 0.847. The molecule has 1 atom stereocenters. The summed E-state index contributed by atoms with van der Waals surface area (Å²) in [5.41, 5.74) is 1.45. The monoisotopic (exact) mass is 271 g/mol. The molecule has 3 nitrogen and oxygen atoms in total. The van der Waals surface area contributed by atoms with E-state index in [1.807, 2.05) is 6.20 Å². The van der Waals surface area contributed by atoms with E-state index in [-0.39, 0.29) is 5.41 Å². The summed E-state index contributed by atoms with van der Waals surface area (Å²) in [5, 5.41) is 0. The molecule has 0 fully saturated rings. The van der Waals surface area contributed by atoms with Crippen LogP contribution < -0.4 is 0 Å². The first-order chi connectivity index (χ1) is 9.39. The molecule has 0 radical (unpaired) electrons. The van der Waals surface area contributed by atoms with Gasteiger partial charge in [-0.1, -0.05) is 51.1 Å². The Morgan fingerprint density at radius 1 is 1.15 bits per heavy atom. The van der Waals surface area contributed by atoms with Crippen LogP contribution in [0.25, 0.3) is 0 Å². The molecule has 0 N–H and O–H groups in total. The second-order valence-electron chi connectivity index (χ2n) is 6.63. The van der Waals surface area contributed by atoms with E-state index in [0.29, 0.717) is 6.04 Å². The van der Waals surface area contributed by atoms with Gasteiger partial charge in [-0.2, -0.15) is 0 Å². The lowest BCUT2D eigenvalue weighted by Gasteiger charge is -2.35. The van der Waals surface area contributed by atoms with E-state index < -0.39 is 0 Å². The molecular weight excluding hydrogens is 246 g/mol. The minimum absolute atomic E-state index is 0.142. The summed E-state index contributed by atoms with van der Waals surface area (Å²) in [7, 11) is 4.24. The lowest BCUT2D eigenvalue weighted by Crippen LogP contribution is -2.33. The number of hydrogen-bond donors (Lipinski definition) is 0. The molecule has 0 amide bonds. The molecular formula is C17H25N3. The lowest BCUT2D eigenvalue weighted by atomic mass is 9.85. The van der Waals surface area contributed by atoms with Gasteiger partial charge in [-0.05, 0) is 25.1 Å². The molecule has 0 saturated carbocycles. The first-order valence-electron chi connectivity index (χ1n) is 7.11. The fourth-order valence-electron chi connectivity index (χ4n) is 2.88. The van der Waals surface area contributed by atoms with Gasteiger partial charge >= 0.3 is 0 Å². The molecule has 3 heteroatoms. The molecule has 1 aromatic heterocycles. The van der Waals surface area contributed by atoms with Gasteiger partial charge in [-0.25, -0.2) is 4.98 Å². The van der Waals surface area contributed by atoms with Crippen LogP contribution in [0.4, 0.5) is 0 Å². The summed E-state index contributed by atoms with van der Waals surface area (Å²) in [5.74, 6) is 1.13. The molecule has 0 aliphatic rings. The summed E-state index contributed by atoms with van der Waals surface area (Å²) in [4.78, 5) is 6.88. The summed E-state index contributed by atoms with van der Waals surface area (Å²) < 4.78 is 2.26. The van der Waals surface area contributed by atoms with E-state index in [9.17, 15) is 0 Å². The van der Waals surface area contributed by atoms with Gasteiger partial charge in [-0.3, -0.25) is 4.90 Å². The Morgan fingerprint density at radius 3 is 2.35 bits per heavy atom. The zero-order valence-electron chi connectivity index (χ0n) is 13.2. The maximum atomic E-state index is 4.62. The zero-order valence-corrected chi connectivity index (χ0v) is 13.2. The van der Waals surface area contributed by atoms with Crippen LogP contribution in [-0.4, -0.2) is 28.5 Å². The predicted molar refractivity (Wildman–Crippen MR) is 83.7 cm³/mol. The van der Waals surface area contributed by atoms with Gasteiger partial charge in [0, 0.05) is 18.9 Å². The van der Waals surface area contributed by atoms with Crippen molar-refractivity contribution in [1.82, 2.24) is 14.5 Å². The molecule has 0 spiro atoms. The van der Waals surface area contributed by atoms with Gasteiger partial charge in [0.05, 0.1) is 6.04 Å². The second-order valence-corrected chi connectivity index (χ2v) is 6.63. The van der Waals surface area contributed by atoms with Crippen molar-refractivity contribution in [3.05, 3.63) is 54.1 Å². The number of aromatic nitrogens is 2. The number of imidazole rings is 1. The Labute approximate surface area is 122 Å². The number of hydrogen-bond acceptors (Lipinski definition) is 2. The predicted octanol–water partition coefficient (Wildman–Crippen LogP) is 3.58. The van der Waals surface area contributed by atoms with Crippen LogP contribution >= 0.6 is 0 Å². The van der Waals surface area contributed by atoms with Crippen LogP contribution in [0.1, 0.15) is 38.2 Å². The average Bonchev–Trinajstić information content (AvgIpc) is 2.76. The molecule has 20 heavy (non-hydrogen) atoms. The van der Waals surface area contributed by atoms with E-state index in [0.717, 1.165) is 12.4 Å². The van der Waals surface area contributed by atoms with Crippen molar-refractivity contribution in [2.24, 2.45) is 5.41 Å². The first-order valence-corrected chi connectivity index (χ1v) is 7.11. The van der Waals surface area contributed by atoms with Gasteiger partial charge in [0.2, 0.25) is 0 Å². The smallest absolute Gasteiger partial charge is 0.126 e. The minimum atomic E-state index is 0.142. The van der Waals surface area contributed by atoms with Crippen LogP contribution in [0.15, 0.2) is 42.7 Å². The van der Waals surface area contributed by atoms with Crippen molar-refractivity contribution in [1.29, 1.82) is 0 Å². The zero-order chi connectivity index (χ0) is 14.8. The third-order valence-corrected chi connectivity index (χ3v) is 3.52. The van der Waals surface area contributed by atoms with E-state index in [1.165, 1.54) is 5.56 Å². The highest BCUT2D eigenvalue weighted by Crippen LogP contribution is 2.35. The Kier molecular flexibility index (Phi) is 4.29. The molecule has 1 aromatic carbocycles. The SMILES string of the molecule is CN(C)C(c1nccn1Cc1ccccc1)C(C)(C)C. The topological polar surface area (TPSA) is 21.1 Å². The molecule has 0 bridgehead atoms. The second kappa shape index (κ2) is 5.80. The third kappa shape index (κ3) is 3.28. The van der Waals surface area contributed by atoms with Crippen LogP contribution in [0.5, 0.6) is 0 Å². The van der Waals surface area contributed by atoms with Crippen molar-refractivity contribution in [3.63, 3.8) is 0 Å². The number of nitrogens with zero attached hydrogens (tertiary/aromatic N) is 3. The highest BCUT2D eigenvalue weighted by molar-refractivity contribution is 5.16. The summed E-state index contributed by atoms with van der Waals surface area (Å²) in [6.45, 7) is 7.66. The highest BCUT2D eigenvalue weighted by Gasteiger charge is 2.31. The van der Waals surface area contributed by atoms with Crippen LogP contribution in [0, 0.1) is 5.41 Å². The lowest BCUT2D eigenvalue weighted by molar-refractivity contribution is 0.141. The molecule has 2 rings (SSSR count). The van der Waals surface area contributed by atoms with Gasteiger partial charge < -0.3 is 4.57 Å². The largest absolute Gasteiger partial charge is 0.329 e. The number of benzene rings is 1. The molecule has 2 aromatic rings. The van der Waals surface area contributed by atoms with Crippen molar-refractivity contribution in [2.75, 3.05) is 14.1 Å². The van der Waals surface area contributed by atoms with Gasteiger partial charge in [0.15, 0.2) is 0 Å². The average molecular weight is 271 g/mol. The molecule has 1 heterocycles. The van der Waals surface area contributed by atoms with Crippen molar-refractivity contribution in [3.8, 4) is 0 Å². The molecule has 0 aliphatic carbocycles. The Morgan fingerprint density at radius 2 is 1.80 bits per heavy atom. The normalized spacial score (nSPS) is 13.7. The Hall–Kier alpha value is -1.61. The fourth-order valence-corrected chi connectivity index (χ4v) is 2.88. The highest BCUT2D eigenvalue weighted by atomic mass is 15.2. The molecule has 108 valence electrons. The fraction of sp³-hybridized carbons (Fsp3) is 0.471. The van der Waals surface area contributed by atoms with Crippen molar-refractivity contribution in [2.45, 2.75) is 33.4 Å². The maximum Gasteiger partial charge on any atom is 0.126 e. The van der Waals surface area contributed by atoms with Crippen LogP contribution in [0.2, 0.25) is 0 Å². The molecule has 0 saturated heterocycles. The van der Waals surface area contributed by atoms with Crippen LogP contribution in [0.3, 0.4) is 0 Å². The Balaban J connectivity index is 2.32. The Bertz CT molecular complexity index is 535. The molecule has 0 aliphatic heterocycles. The van der Waals surface area contributed by atoms with Crippen molar-refractivity contribution >= 4 is 0 Å². The third-order valence-electron chi connectivity index (χ3n) is 3.52. The standard InChI is InChI=1S/C17H25N3/c1-17(2,3)15(19(4)5)16-18-11-12-20(16)13-14-9-7-6-8-10-14/h6-12,15H,13H2,1-5H3. The maximum absolute atomic E-state index is 4.62. The van der Waals surface area contributed by atoms with E-state index in [1.54, 1.807) is 0 Å². The van der Waals surface area contributed by atoms with E-state index in [4.69, 9.17) is 0 Å². The minimum Gasteiger partial charge on any atom is -0.329 e. The van der Waals surface area contributed by atoms with Crippen molar-refractivity contribution < 1.29 is 0 Å².